The first-order chi connectivity index (χ1) is 13.2. The molecule has 156 valence electrons. The highest BCUT2D eigenvalue weighted by molar-refractivity contribution is 14.0. The van der Waals surface area contributed by atoms with E-state index in [2.05, 4.69) is 50.1 Å². The number of amides is 1. The van der Waals surface area contributed by atoms with E-state index < -0.39 is 0 Å². The first kappa shape index (κ1) is 22.9. The molecule has 28 heavy (non-hydrogen) atoms. The van der Waals surface area contributed by atoms with Crippen molar-refractivity contribution in [1.82, 2.24) is 20.9 Å². The monoisotopic (exact) mass is 499 g/mol. The maximum absolute atomic E-state index is 11.8. The summed E-state index contributed by atoms with van der Waals surface area (Å²) < 4.78 is 0. The average Bonchev–Trinajstić information content (AvgIpc) is 3.50. The van der Waals surface area contributed by atoms with Gasteiger partial charge < -0.3 is 16.0 Å². The third kappa shape index (κ3) is 8.34. The molecule has 2 fully saturated rings. The number of carbonyl (C=O) groups is 1. The second-order valence-electron chi connectivity index (χ2n) is 7.54. The van der Waals surface area contributed by atoms with Crippen molar-refractivity contribution in [3.8, 4) is 0 Å². The number of guanidine groups is 1. The average molecular weight is 499 g/mol. The van der Waals surface area contributed by atoms with Gasteiger partial charge in [-0.25, -0.2) is 4.99 Å². The summed E-state index contributed by atoms with van der Waals surface area (Å²) in [7, 11) is 0. The Balaban J connectivity index is 0.00000280. The van der Waals surface area contributed by atoms with E-state index in [0.29, 0.717) is 18.5 Å². The van der Waals surface area contributed by atoms with Gasteiger partial charge in [-0.05, 0) is 56.8 Å². The van der Waals surface area contributed by atoms with E-state index in [1.807, 2.05) is 6.92 Å². The molecule has 1 saturated carbocycles. The summed E-state index contributed by atoms with van der Waals surface area (Å²) in [5, 5.41) is 9.28. The second kappa shape index (κ2) is 12.3. The molecule has 7 heteroatoms. The molecule has 1 aromatic carbocycles. The van der Waals surface area contributed by atoms with E-state index in [1.54, 1.807) is 0 Å². The van der Waals surface area contributed by atoms with Crippen molar-refractivity contribution >= 4 is 35.8 Å². The first-order valence-electron chi connectivity index (χ1n) is 10.3. The number of nitrogens with zero attached hydrogens (tertiary/aromatic N) is 2. The lowest BCUT2D eigenvalue weighted by Gasteiger charge is -2.26. The number of aliphatic imine (C=N–C) groups is 1. The molecule has 0 bridgehead atoms. The zero-order valence-corrected chi connectivity index (χ0v) is 19.2. The maximum Gasteiger partial charge on any atom is 0.239 e. The highest BCUT2D eigenvalue weighted by Gasteiger charge is 2.22. The molecule has 0 unspecified atom stereocenters. The molecule has 3 N–H and O–H groups in total. The standard InChI is InChI=1S/C21H33N5O.HI/c1-2-22-21(24-15-20(27)25-19-10-11-19)23-14-17-6-8-18(9-7-17)16-26-12-4-3-5-13-26;/h6-9,19H,2-5,10-16H2,1H3,(H,25,27)(H2,22,23,24);1H. The van der Waals surface area contributed by atoms with E-state index in [0.717, 1.165) is 25.9 Å². The van der Waals surface area contributed by atoms with Crippen LogP contribution in [0.4, 0.5) is 0 Å². The largest absolute Gasteiger partial charge is 0.357 e. The number of piperidine rings is 1. The van der Waals surface area contributed by atoms with Crippen LogP contribution in [0.1, 0.15) is 50.2 Å². The summed E-state index contributed by atoms with van der Waals surface area (Å²) in [4.78, 5) is 19.0. The van der Waals surface area contributed by atoms with Gasteiger partial charge in [0.25, 0.3) is 0 Å². The van der Waals surface area contributed by atoms with E-state index in [-0.39, 0.29) is 36.4 Å². The minimum atomic E-state index is 0. The molecule has 0 spiro atoms. The topological polar surface area (TPSA) is 68.8 Å². The third-order valence-electron chi connectivity index (χ3n) is 5.00. The molecule has 1 aliphatic heterocycles. The van der Waals surface area contributed by atoms with Gasteiger partial charge in [0.05, 0.1) is 13.1 Å². The number of rotatable bonds is 8. The lowest BCUT2D eigenvalue weighted by molar-refractivity contribution is -0.120. The fraction of sp³-hybridized carbons (Fsp3) is 0.619. The number of carbonyl (C=O) groups excluding carboxylic acids is 1. The number of hydrogen-bond acceptors (Lipinski definition) is 3. The summed E-state index contributed by atoms with van der Waals surface area (Å²) in [6.45, 7) is 7.14. The number of halogens is 1. The molecule has 1 amide bonds. The van der Waals surface area contributed by atoms with Crippen LogP contribution in [0.25, 0.3) is 0 Å². The third-order valence-corrected chi connectivity index (χ3v) is 5.00. The lowest BCUT2D eigenvalue weighted by Crippen LogP contribution is -2.43. The SMILES string of the molecule is CCNC(=NCc1ccc(CN2CCCCC2)cc1)NCC(=O)NC1CC1.I. The van der Waals surface area contributed by atoms with Gasteiger partial charge in [0.2, 0.25) is 5.91 Å². The zero-order chi connectivity index (χ0) is 18.9. The van der Waals surface area contributed by atoms with Gasteiger partial charge >= 0.3 is 0 Å². The second-order valence-corrected chi connectivity index (χ2v) is 7.54. The van der Waals surface area contributed by atoms with Gasteiger partial charge in [-0.15, -0.1) is 24.0 Å². The molecule has 1 aromatic rings. The van der Waals surface area contributed by atoms with Crippen LogP contribution in [-0.4, -0.2) is 49.0 Å². The number of likely N-dealkylation sites (tertiary alicyclic amines) is 1. The minimum absolute atomic E-state index is 0. The van der Waals surface area contributed by atoms with Crippen molar-refractivity contribution < 1.29 is 4.79 Å². The van der Waals surface area contributed by atoms with Crippen LogP contribution in [-0.2, 0) is 17.9 Å². The molecule has 2 aliphatic rings. The Kier molecular flexibility index (Phi) is 10.0. The summed E-state index contributed by atoms with van der Waals surface area (Å²) in [6, 6.07) is 9.13. The Morgan fingerprint density at radius 1 is 1.07 bits per heavy atom. The number of benzene rings is 1. The summed E-state index contributed by atoms with van der Waals surface area (Å²) in [5.74, 6) is 0.714. The molecule has 6 nitrogen and oxygen atoms in total. The predicted octanol–water partition coefficient (Wildman–Crippen LogP) is 2.62. The van der Waals surface area contributed by atoms with Crippen LogP contribution in [0.5, 0.6) is 0 Å². The molecule has 0 aromatic heterocycles. The zero-order valence-electron chi connectivity index (χ0n) is 16.9. The molecule has 1 saturated heterocycles. The van der Waals surface area contributed by atoms with Crippen molar-refractivity contribution in [2.45, 2.75) is 58.2 Å². The van der Waals surface area contributed by atoms with Crippen LogP contribution in [0.15, 0.2) is 29.3 Å². The number of hydrogen-bond donors (Lipinski definition) is 3. The lowest BCUT2D eigenvalue weighted by atomic mass is 10.1. The van der Waals surface area contributed by atoms with Gasteiger partial charge in [0.1, 0.15) is 0 Å². The fourth-order valence-electron chi connectivity index (χ4n) is 3.31. The van der Waals surface area contributed by atoms with Gasteiger partial charge in [-0.2, -0.15) is 0 Å². The Hall–Kier alpha value is -1.35. The molecule has 1 heterocycles. The smallest absolute Gasteiger partial charge is 0.239 e. The number of nitrogens with one attached hydrogen (secondary N) is 3. The Morgan fingerprint density at radius 3 is 2.39 bits per heavy atom. The van der Waals surface area contributed by atoms with Crippen LogP contribution >= 0.6 is 24.0 Å². The fourth-order valence-corrected chi connectivity index (χ4v) is 3.31. The van der Waals surface area contributed by atoms with Crippen LogP contribution in [0.2, 0.25) is 0 Å². The van der Waals surface area contributed by atoms with Gasteiger partial charge in [0.15, 0.2) is 5.96 Å². The molecular formula is C21H34IN5O. The Labute approximate surface area is 186 Å². The van der Waals surface area contributed by atoms with E-state index in [1.165, 1.54) is 43.5 Å². The molecule has 0 radical (unpaired) electrons. The van der Waals surface area contributed by atoms with Crippen molar-refractivity contribution in [1.29, 1.82) is 0 Å². The predicted molar refractivity (Wildman–Crippen MR) is 125 cm³/mol. The van der Waals surface area contributed by atoms with Gasteiger partial charge in [0, 0.05) is 19.1 Å². The molecular weight excluding hydrogens is 465 g/mol. The van der Waals surface area contributed by atoms with Crippen LogP contribution in [0, 0.1) is 0 Å². The van der Waals surface area contributed by atoms with Gasteiger partial charge in [-0.3, -0.25) is 9.69 Å². The van der Waals surface area contributed by atoms with Crippen molar-refractivity contribution in [2.24, 2.45) is 4.99 Å². The molecule has 1 aliphatic carbocycles. The summed E-state index contributed by atoms with van der Waals surface area (Å²) >= 11 is 0. The van der Waals surface area contributed by atoms with Gasteiger partial charge in [-0.1, -0.05) is 30.7 Å². The Bertz CT molecular complexity index is 624. The van der Waals surface area contributed by atoms with E-state index in [4.69, 9.17) is 0 Å². The molecule has 0 atom stereocenters. The van der Waals surface area contributed by atoms with Crippen LogP contribution < -0.4 is 16.0 Å². The normalized spacial score (nSPS) is 17.5. The van der Waals surface area contributed by atoms with E-state index >= 15 is 0 Å². The van der Waals surface area contributed by atoms with Crippen molar-refractivity contribution in [3.05, 3.63) is 35.4 Å². The Morgan fingerprint density at radius 2 is 1.75 bits per heavy atom. The van der Waals surface area contributed by atoms with Crippen LogP contribution in [0.3, 0.4) is 0 Å². The molecule has 3 rings (SSSR count). The van der Waals surface area contributed by atoms with E-state index in [9.17, 15) is 4.79 Å². The van der Waals surface area contributed by atoms with Crippen molar-refractivity contribution in [3.63, 3.8) is 0 Å². The quantitative estimate of drug-likeness (QED) is 0.292. The van der Waals surface area contributed by atoms with Crippen molar-refractivity contribution in [2.75, 3.05) is 26.2 Å². The summed E-state index contributed by atoms with van der Waals surface area (Å²) in [6.07, 6.45) is 6.23. The first-order valence-corrected chi connectivity index (χ1v) is 10.3. The highest BCUT2D eigenvalue weighted by Crippen LogP contribution is 2.18. The maximum atomic E-state index is 11.8. The highest BCUT2D eigenvalue weighted by atomic mass is 127. The summed E-state index contributed by atoms with van der Waals surface area (Å²) in [5.41, 5.74) is 2.54. The minimum Gasteiger partial charge on any atom is -0.357 e.